The lowest BCUT2D eigenvalue weighted by Crippen LogP contribution is -2.36. The normalized spacial score (nSPS) is 13.8. The van der Waals surface area contributed by atoms with Gasteiger partial charge in [-0.2, -0.15) is 0 Å². The molecule has 1 N–H and O–H groups in total. The van der Waals surface area contributed by atoms with E-state index in [1.165, 1.54) is 0 Å². The zero-order valence-electron chi connectivity index (χ0n) is 16.5. The molecule has 2 aromatic rings. The van der Waals surface area contributed by atoms with Crippen LogP contribution in [0.25, 0.3) is 0 Å². The Morgan fingerprint density at radius 1 is 1.04 bits per heavy atom. The molecule has 1 fully saturated rings. The van der Waals surface area contributed by atoms with Crippen molar-refractivity contribution in [3.8, 4) is 17.2 Å². The molecule has 28 heavy (non-hydrogen) atoms. The van der Waals surface area contributed by atoms with Crippen LogP contribution in [0.4, 0.5) is 11.4 Å². The Balaban J connectivity index is 1.70. The number of benzene rings is 2. The number of morpholine rings is 1. The summed E-state index contributed by atoms with van der Waals surface area (Å²) in [6.07, 6.45) is 0.193. The van der Waals surface area contributed by atoms with E-state index < -0.39 is 0 Å². The molecule has 0 atom stereocenters. The third kappa shape index (κ3) is 4.67. The SMILES string of the molecule is COc1cc(CC(=O)Nc2cccc(N3CCOCC3)c2)cc(OC)c1OC. The number of amides is 1. The van der Waals surface area contributed by atoms with Crippen LogP contribution in [-0.2, 0) is 16.0 Å². The molecule has 1 heterocycles. The molecule has 2 aromatic carbocycles. The first-order chi connectivity index (χ1) is 13.6. The highest BCUT2D eigenvalue weighted by molar-refractivity contribution is 5.93. The minimum absolute atomic E-state index is 0.117. The fraction of sp³-hybridized carbons (Fsp3) is 0.381. The highest BCUT2D eigenvalue weighted by atomic mass is 16.5. The van der Waals surface area contributed by atoms with Crippen molar-refractivity contribution >= 4 is 17.3 Å². The Hall–Kier alpha value is -2.93. The summed E-state index contributed by atoms with van der Waals surface area (Å²) in [5.74, 6) is 1.44. The van der Waals surface area contributed by atoms with E-state index in [-0.39, 0.29) is 12.3 Å². The van der Waals surface area contributed by atoms with Crippen LogP contribution in [0.15, 0.2) is 36.4 Å². The Kier molecular flexibility index (Phi) is 6.60. The van der Waals surface area contributed by atoms with E-state index in [9.17, 15) is 4.79 Å². The van der Waals surface area contributed by atoms with Gasteiger partial charge in [0.25, 0.3) is 0 Å². The van der Waals surface area contributed by atoms with Crippen LogP contribution in [0.5, 0.6) is 17.2 Å². The molecule has 3 rings (SSSR count). The Labute approximate surface area is 165 Å². The predicted molar refractivity (Wildman–Crippen MR) is 108 cm³/mol. The van der Waals surface area contributed by atoms with Crippen molar-refractivity contribution in [1.29, 1.82) is 0 Å². The molecule has 7 heteroatoms. The molecule has 0 aromatic heterocycles. The standard InChI is InChI=1S/C21H26N2O5/c1-25-18-11-15(12-19(26-2)21(18)27-3)13-20(24)22-16-5-4-6-17(14-16)23-7-9-28-10-8-23/h4-6,11-12,14H,7-10,13H2,1-3H3,(H,22,24). The van der Waals surface area contributed by atoms with Gasteiger partial charge in [0, 0.05) is 24.5 Å². The zero-order chi connectivity index (χ0) is 19.9. The summed E-state index contributed by atoms with van der Waals surface area (Å²) in [6.45, 7) is 3.14. The van der Waals surface area contributed by atoms with Crippen LogP contribution in [0.1, 0.15) is 5.56 Å². The average molecular weight is 386 g/mol. The number of hydrogen-bond donors (Lipinski definition) is 1. The lowest BCUT2D eigenvalue weighted by molar-refractivity contribution is -0.115. The van der Waals surface area contributed by atoms with Crippen LogP contribution in [-0.4, -0.2) is 53.5 Å². The summed E-state index contributed by atoms with van der Waals surface area (Å²) in [4.78, 5) is 14.8. The van der Waals surface area contributed by atoms with Crippen molar-refractivity contribution in [1.82, 2.24) is 0 Å². The second kappa shape index (κ2) is 9.32. The number of nitrogens with one attached hydrogen (secondary N) is 1. The summed E-state index contributed by atoms with van der Waals surface area (Å²) in [5, 5.41) is 2.96. The maximum Gasteiger partial charge on any atom is 0.228 e. The highest BCUT2D eigenvalue weighted by Crippen LogP contribution is 2.38. The van der Waals surface area contributed by atoms with Crippen LogP contribution in [0.3, 0.4) is 0 Å². The van der Waals surface area contributed by atoms with Gasteiger partial charge in [0.05, 0.1) is 41.0 Å². The molecule has 1 saturated heterocycles. The topological polar surface area (TPSA) is 69.3 Å². The lowest BCUT2D eigenvalue weighted by atomic mass is 10.1. The second-order valence-corrected chi connectivity index (χ2v) is 6.41. The van der Waals surface area contributed by atoms with Crippen molar-refractivity contribution in [2.24, 2.45) is 0 Å². The van der Waals surface area contributed by atoms with Gasteiger partial charge in [-0.25, -0.2) is 0 Å². The quantitative estimate of drug-likeness (QED) is 0.789. The van der Waals surface area contributed by atoms with E-state index in [1.54, 1.807) is 33.5 Å². The monoisotopic (exact) mass is 386 g/mol. The molecule has 0 saturated carbocycles. The Bertz CT molecular complexity index is 793. The van der Waals surface area contributed by atoms with Gasteiger partial charge in [0.15, 0.2) is 11.5 Å². The molecule has 1 aliphatic rings. The number of ether oxygens (including phenoxy) is 4. The van der Waals surface area contributed by atoms with Gasteiger partial charge in [0.1, 0.15) is 0 Å². The zero-order valence-corrected chi connectivity index (χ0v) is 16.5. The highest BCUT2D eigenvalue weighted by Gasteiger charge is 2.16. The number of anilines is 2. The summed E-state index contributed by atoms with van der Waals surface area (Å²) in [7, 11) is 4.66. The van der Waals surface area contributed by atoms with Crippen molar-refractivity contribution in [2.75, 3.05) is 57.8 Å². The van der Waals surface area contributed by atoms with Crippen LogP contribution in [0, 0.1) is 0 Å². The maximum atomic E-state index is 12.6. The smallest absolute Gasteiger partial charge is 0.228 e. The predicted octanol–water partition coefficient (Wildman–Crippen LogP) is 2.73. The van der Waals surface area contributed by atoms with Gasteiger partial charge in [0.2, 0.25) is 11.7 Å². The first kappa shape index (κ1) is 19.8. The van der Waals surface area contributed by atoms with Gasteiger partial charge in [-0.15, -0.1) is 0 Å². The van der Waals surface area contributed by atoms with E-state index in [2.05, 4.69) is 10.2 Å². The minimum atomic E-state index is -0.117. The van der Waals surface area contributed by atoms with Gasteiger partial charge < -0.3 is 29.2 Å². The lowest BCUT2D eigenvalue weighted by Gasteiger charge is -2.29. The number of hydrogen-bond acceptors (Lipinski definition) is 6. The molecule has 1 aliphatic heterocycles. The van der Waals surface area contributed by atoms with E-state index in [1.807, 2.05) is 24.3 Å². The van der Waals surface area contributed by atoms with Crippen molar-refractivity contribution in [3.05, 3.63) is 42.0 Å². The third-order valence-electron chi connectivity index (χ3n) is 4.60. The van der Waals surface area contributed by atoms with Gasteiger partial charge >= 0.3 is 0 Å². The first-order valence-corrected chi connectivity index (χ1v) is 9.16. The van der Waals surface area contributed by atoms with Gasteiger partial charge in [-0.05, 0) is 35.9 Å². The molecule has 0 unspecified atom stereocenters. The molecular formula is C21H26N2O5. The average Bonchev–Trinajstić information content (AvgIpc) is 2.73. The fourth-order valence-electron chi connectivity index (χ4n) is 3.23. The summed E-state index contributed by atoms with van der Waals surface area (Å²) < 4.78 is 21.4. The molecule has 7 nitrogen and oxygen atoms in total. The molecule has 1 amide bonds. The Morgan fingerprint density at radius 3 is 2.32 bits per heavy atom. The number of methoxy groups -OCH3 is 3. The van der Waals surface area contributed by atoms with Crippen molar-refractivity contribution in [3.63, 3.8) is 0 Å². The third-order valence-corrected chi connectivity index (χ3v) is 4.60. The number of nitrogens with zero attached hydrogens (tertiary/aromatic N) is 1. The number of carbonyl (C=O) groups is 1. The van der Waals surface area contributed by atoms with E-state index in [4.69, 9.17) is 18.9 Å². The molecule has 0 aliphatic carbocycles. The Morgan fingerprint density at radius 2 is 1.71 bits per heavy atom. The number of carbonyl (C=O) groups excluding carboxylic acids is 1. The van der Waals surface area contributed by atoms with Crippen LogP contribution >= 0.6 is 0 Å². The maximum absolute atomic E-state index is 12.6. The van der Waals surface area contributed by atoms with Crippen molar-refractivity contribution in [2.45, 2.75) is 6.42 Å². The second-order valence-electron chi connectivity index (χ2n) is 6.41. The van der Waals surface area contributed by atoms with E-state index >= 15 is 0 Å². The fourth-order valence-corrected chi connectivity index (χ4v) is 3.23. The van der Waals surface area contributed by atoms with Crippen LogP contribution in [0.2, 0.25) is 0 Å². The van der Waals surface area contributed by atoms with Crippen molar-refractivity contribution < 1.29 is 23.7 Å². The molecule has 150 valence electrons. The van der Waals surface area contributed by atoms with E-state index in [0.29, 0.717) is 17.2 Å². The molecule has 0 spiro atoms. The van der Waals surface area contributed by atoms with Gasteiger partial charge in [-0.1, -0.05) is 6.07 Å². The number of rotatable bonds is 7. The minimum Gasteiger partial charge on any atom is -0.493 e. The van der Waals surface area contributed by atoms with E-state index in [0.717, 1.165) is 43.2 Å². The largest absolute Gasteiger partial charge is 0.493 e. The molecule has 0 bridgehead atoms. The molecular weight excluding hydrogens is 360 g/mol. The summed E-state index contributed by atoms with van der Waals surface area (Å²) in [5.41, 5.74) is 2.62. The van der Waals surface area contributed by atoms with Crippen LogP contribution < -0.4 is 24.4 Å². The summed E-state index contributed by atoms with van der Waals surface area (Å²) in [6, 6.07) is 11.4. The van der Waals surface area contributed by atoms with Gasteiger partial charge in [-0.3, -0.25) is 4.79 Å². The molecule has 0 radical (unpaired) electrons. The first-order valence-electron chi connectivity index (χ1n) is 9.16. The summed E-state index contributed by atoms with van der Waals surface area (Å²) >= 11 is 0.